The summed E-state index contributed by atoms with van der Waals surface area (Å²) in [6.45, 7) is 8.55. The van der Waals surface area contributed by atoms with Crippen LogP contribution in [0.15, 0.2) is 24.3 Å². The number of piperazine rings is 1. The number of hydrogen-bond donors (Lipinski definition) is 1. The van der Waals surface area contributed by atoms with Crippen LogP contribution >= 0.6 is 0 Å². The number of Topliss-reactive ketones (excluding diaryl/α,β-unsaturated/α-hetero) is 1. The second kappa shape index (κ2) is 9.81. The zero-order valence-corrected chi connectivity index (χ0v) is 20.7. The van der Waals surface area contributed by atoms with Crippen LogP contribution in [0.25, 0.3) is 0 Å². The zero-order valence-electron chi connectivity index (χ0n) is 20.7. The molecule has 4 rings (SSSR count). The number of likely N-dealkylation sites (N-methyl/N-ethyl adjacent to an activating group) is 1. The standard InChI is InChI=1S/C25H34F2N4O4/c1-25(2,3)21(24(34)31-13-17(22(26)27)20-19(31)18(32)14-35-20)28-23(33)15-5-7-16(8-6-15)30-11-9-29(4)10-12-30/h5-8,17,19-22H,9-14H2,1-4H3,(H,28,33)/t17-,19+,20+,21+/m0/s1. The third-order valence-corrected chi connectivity index (χ3v) is 7.22. The van der Waals surface area contributed by atoms with Crippen molar-refractivity contribution in [2.75, 3.05) is 51.3 Å². The first-order valence-electron chi connectivity index (χ1n) is 12.0. The molecule has 4 atom stereocenters. The number of carbonyl (C=O) groups is 3. The number of hydrogen-bond acceptors (Lipinski definition) is 6. The molecule has 1 aromatic rings. The van der Waals surface area contributed by atoms with Crippen LogP contribution in [0.2, 0.25) is 0 Å². The molecule has 0 bridgehead atoms. The number of rotatable bonds is 5. The Morgan fingerprint density at radius 1 is 1.09 bits per heavy atom. The number of halogens is 2. The lowest BCUT2D eigenvalue weighted by molar-refractivity contribution is -0.140. The van der Waals surface area contributed by atoms with E-state index in [1.165, 1.54) is 4.90 Å². The maximum Gasteiger partial charge on any atom is 0.251 e. The van der Waals surface area contributed by atoms with Crippen LogP contribution in [-0.2, 0) is 14.3 Å². The van der Waals surface area contributed by atoms with Crippen molar-refractivity contribution < 1.29 is 27.9 Å². The van der Waals surface area contributed by atoms with E-state index >= 15 is 0 Å². The first-order chi connectivity index (χ1) is 16.5. The van der Waals surface area contributed by atoms with E-state index in [1.807, 2.05) is 12.1 Å². The summed E-state index contributed by atoms with van der Waals surface area (Å²) in [7, 11) is 2.09. The van der Waals surface area contributed by atoms with Gasteiger partial charge in [0.2, 0.25) is 12.3 Å². The number of amides is 2. The monoisotopic (exact) mass is 492 g/mol. The fourth-order valence-corrected chi connectivity index (χ4v) is 5.06. The summed E-state index contributed by atoms with van der Waals surface area (Å²) in [6.07, 6.45) is -3.72. The highest BCUT2D eigenvalue weighted by Gasteiger charge is 2.56. The molecule has 35 heavy (non-hydrogen) atoms. The molecule has 0 aliphatic carbocycles. The van der Waals surface area contributed by atoms with E-state index in [-0.39, 0.29) is 18.9 Å². The third-order valence-electron chi connectivity index (χ3n) is 7.22. The van der Waals surface area contributed by atoms with Gasteiger partial charge in [-0.3, -0.25) is 14.4 Å². The van der Waals surface area contributed by atoms with Gasteiger partial charge in [-0.1, -0.05) is 20.8 Å². The normalized spacial score (nSPS) is 26.3. The molecule has 3 fully saturated rings. The fourth-order valence-electron chi connectivity index (χ4n) is 5.06. The molecule has 192 valence electrons. The third kappa shape index (κ3) is 5.18. The van der Waals surface area contributed by atoms with Gasteiger partial charge in [0, 0.05) is 44.0 Å². The summed E-state index contributed by atoms with van der Waals surface area (Å²) in [5, 5.41) is 2.80. The molecule has 0 aromatic heterocycles. The first kappa shape index (κ1) is 25.5. The number of ketones is 1. The minimum Gasteiger partial charge on any atom is -0.369 e. The molecule has 1 N–H and O–H groups in total. The minimum absolute atomic E-state index is 0.278. The van der Waals surface area contributed by atoms with Gasteiger partial charge in [-0.05, 0) is 36.7 Å². The van der Waals surface area contributed by atoms with Gasteiger partial charge in [-0.15, -0.1) is 0 Å². The van der Waals surface area contributed by atoms with Gasteiger partial charge >= 0.3 is 0 Å². The van der Waals surface area contributed by atoms with Crippen molar-refractivity contribution in [1.82, 2.24) is 15.1 Å². The van der Waals surface area contributed by atoms with Crippen molar-refractivity contribution >= 4 is 23.3 Å². The van der Waals surface area contributed by atoms with Crippen LogP contribution in [0, 0.1) is 11.3 Å². The van der Waals surface area contributed by atoms with Crippen molar-refractivity contribution in [3.8, 4) is 0 Å². The lowest BCUT2D eigenvalue weighted by Gasteiger charge is -2.35. The van der Waals surface area contributed by atoms with Gasteiger partial charge in [-0.2, -0.15) is 0 Å². The Morgan fingerprint density at radius 3 is 2.29 bits per heavy atom. The summed E-state index contributed by atoms with van der Waals surface area (Å²) in [4.78, 5) is 44.7. The Kier molecular flexibility index (Phi) is 7.15. The number of nitrogens with zero attached hydrogens (tertiary/aromatic N) is 3. The number of ether oxygens (including phenoxy) is 1. The number of benzene rings is 1. The first-order valence-corrected chi connectivity index (χ1v) is 12.0. The highest BCUT2D eigenvalue weighted by molar-refractivity contribution is 5.99. The topological polar surface area (TPSA) is 82.2 Å². The van der Waals surface area contributed by atoms with Crippen LogP contribution in [0.1, 0.15) is 31.1 Å². The number of likely N-dealkylation sites (tertiary alicyclic amines) is 1. The fraction of sp³-hybridized carbons (Fsp3) is 0.640. The van der Waals surface area contributed by atoms with Crippen molar-refractivity contribution in [1.29, 1.82) is 0 Å². The number of nitrogens with one attached hydrogen (secondary N) is 1. The van der Waals surface area contributed by atoms with Gasteiger partial charge < -0.3 is 24.8 Å². The molecule has 3 saturated heterocycles. The largest absolute Gasteiger partial charge is 0.369 e. The Labute approximate surface area is 204 Å². The molecule has 10 heteroatoms. The second-order valence-electron chi connectivity index (χ2n) is 10.8. The number of fused-ring (bicyclic) bond motifs is 1. The minimum atomic E-state index is -2.72. The Bertz CT molecular complexity index is 957. The summed E-state index contributed by atoms with van der Waals surface area (Å²) in [5.74, 6) is -2.59. The molecule has 3 aliphatic rings. The van der Waals surface area contributed by atoms with Crippen molar-refractivity contribution in [3.05, 3.63) is 29.8 Å². The van der Waals surface area contributed by atoms with Crippen molar-refractivity contribution in [2.45, 2.75) is 45.4 Å². The molecule has 0 spiro atoms. The predicted octanol–water partition coefficient (Wildman–Crippen LogP) is 1.64. The van der Waals surface area contributed by atoms with E-state index in [1.54, 1.807) is 32.9 Å². The smallest absolute Gasteiger partial charge is 0.251 e. The van der Waals surface area contributed by atoms with E-state index in [9.17, 15) is 23.2 Å². The molecule has 1 aromatic carbocycles. The number of carbonyl (C=O) groups excluding carboxylic acids is 3. The Hall–Kier alpha value is -2.59. The molecule has 2 amide bonds. The van der Waals surface area contributed by atoms with Crippen LogP contribution in [0.3, 0.4) is 0 Å². The Balaban J connectivity index is 1.49. The summed E-state index contributed by atoms with van der Waals surface area (Å²) >= 11 is 0. The van der Waals surface area contributed by atoms with Crippen LogP contribution in [0.4, 0.5) is 14.5 Å². The van der Waals surface area contributed by atoms with Gasteiger partial charge in [0.1, 0.15) is 18.7 Å². The molecule has 3 aliphatic heterocycles. The number of anilines is 1. The number of alkyl halides is 2. The van der Waals surface area contributed by atoms with Gasteiger partial charge in [-0.25, -0.2) is 8.78 Å². The van der Waals surface area contributed by atoms with Crippen LogP contribution < -0.4 is 10.2 Å². The van der Waals surface area contributed by atoms with Crippen LogP contribution in [0.5, 0.6) is 0 Å². The van der Waals surface area contributed by atoms with E-state index in [2.05, 4.69) is 22.2 Å². The van der Waals surface area contributed by atoms with Crippen LogP contribution in [-0.4, -0.2) is 98.4 Å². The molecular formula is C25H34F2N4O4. The maximum absolute atomic E-state index is 13.6. The molecule has 8 nitrogen and oxygen atoms in total. The van der Waals surface area contributed by atoms with E-state index in [0.717, 1.165) is 31.9 Å². The predicted molar refractivity (Wildman–Crippen MR) is 127 cm³/mol. The average Bonchev–Trinajstić information content (AvgIpc) is 3.37. The molecule has 0 unspecified atom stereocenters. The van der Waals surface area contributed by atoms with E-state index in [4.69, 9.17) is 4.74 Å². The van der Waals surface area contributed by atoms with Crippen molar-refractivity contribution in [2.24, 2.45) is 11.3 Å². The highest BCUT2D eigenvalue weighted by atomic mass is 19.3. The summed E-state index contributed by atoms with van der Waals surface area (Å²) < 4.78 is 32.5. The SMILES string of the molecule is CN1CCN(c2ccc(C(=O)N[C@H](C(=O)N3C[C@H](C(F)F)[C@H]4OCC(=O)[C@H]43)C(C)(C)C)cc2)CC1. The molecular weight excluding hydrogens is 458 g/mol. The summed E-state index contributed by atoms with van der Waals surface area (Å²) in [6, 6.07) is 5.19. The van der Waals surface area contributed by atoms with Gasteiger partial charge in [0.15, 0.2) is 5.78 Å². The molecule has 3 heterocycles. The lowest BCUT2D eigenvalue weighted by atomic mass is 9.85. The lowest BCUT2D eigenvalue weighted by Crippen LogP contribution is -2.57. The Morgan fingerprint density at radius 2 is 1.71 bits per heavy atom. The second-order valence-corrected chi connectivity index (χ2v) is 10.8. The van der Waals surface area contributed by atoms with Crippen molar-refractivity contribution in [3.63, 3.8) is 0 Å². The zero-order chi connectivity index (χ0) is 25.5. The molecule has 0 saturated carbocycles. The molecule has 0 radical (unpaired) electrons. The quantitative estimate of drug-likeness (QED) is 0.673. The van der Waals surface area contributed by atoms with Gasteiger partial charge in [0.05, 0.1) is 12.0 Å². The summed E-state index contributed by atoms with van der Waals surface area (Å²) in [5.41, 5.74) is 0.710. The average molecular weight is 493 g/mol. The van der Waals surface area contributed by atoms with E-state index < -0.39 is 47.8 Å². The maximum atomic E-state index is 13.6. The van der Waals surface area contributed by atoms with E-state index in [0.29, 0.717) is 5.56 Å². The van der Waals surface area contributed by atoms with Gasteiger partial charge in [0.25, 0.3) is 5.91 Å². The highest BCUT2D eigenvalue weighted by Crippen LogP contribution is 2.36.